The summed E-state index contributed by atoms with van der Waals surface area (Å²) in [5.41, 5.74) is 0.874. The molecule has 0 saturated carbocycles. The highest BCUT2D eigenvalue weighted by Gasteiger charge is 2.30. The van der Waals surface area contributed by atoms with Gasteiger partial charge in [0.2, 0.25) is 15.0 Å². The minimum absolute atomic E-state index is 0.0621. The molecule has 1 unspecified atom stereocenters. The highest BCUT2D eigenvalue weighted by atomic mass is 35.5. The summed E-state index contributed by atoms with van der Waals surface area (Å²) in [6.07, 6.45) is 2.91. The van der Waals surface area contributed by atoms with Crippen LogP contribution in [0.1, 0.15) is 48.3 Å². The minimum atomic E-state index is -4.01. The van der Waals surface area contributed by atoms with Crippen LogP contribution in [0.25, 0.3) is 0 Å². The summed E-state index contributed by atoms with van der Waals surface area (Å²) in [7, 11) is -4.01. The van der Waals surface area contributed by atoms with Gasteiger partial charge in [0.25, 0.3) is 5.91 Å². The van der Waals surface area contributed by atoms with Crippen molar-refractivity contribution in [3.05, 3.63) is 81.3 Å². The zero-order chi connectivity index (χ0) is 26.7. The van der Waals surface area contributed by atoms with Crippen LogP contribution in [0.15, 0.2) is 53.8 Å². The number of amides is 1. The molecule has 2 heterocycles. The lowest BCUT2D eigenvalue weighted by Crippen LogP contribution is -2.37. The summed E-state index contributed by atoms with van der Waals surface area (Å²) >= 11 is 12.3. The Labute approximate surface area is 226 Å². The summed E-state index contributed by atoms with van der Waals surface area (Å²) in [5, 5.41) is 0.461. The van der Waals surface area contributed by atoms with Gasteiger partial charge in [-0.15, -0.1) is 0 Å². The van der Waals surface area contributed by atoms with E-state index in [1.165, 1.54) is 30.5 Å². The van der Waals surface area contributed by atoms with E-state index < -0.39 is 21.4 Å². The lowest BCUT2D eigenvalue weighted by atomic mass is 10.1. The number of benzene rings is 2. The second-order valence-corrected chi connectivity index (χ2v) is 12.0. The molecular weight excluding hydrogens is 540 g/mol. The van der Waals surface area contributed by atoms with Gasteiger partial charge >= 0.3 is 0 Å². The summed E-state index contributed by atoms with van der Waals surface area (Å²) in [6, 6.07) is 10.2. The number of sulfone groups is 1. The molecule has 1 amide bonds. The van der Waals surface area contributed by atoms with Crippen LogP contribution in [-0.2, 0) is 33.4 Å². The molecule has 0 radical (unpaired) electrons. The molecule has 4 rings (SSSR count). The molecule has 1 atom stereocenters. The molecule has 2 aromatic carbocycles. The molecule has 1 saturated heterocycles. The maximum absolute atomic E-state index is 14.3. The molecule has 0 spiro atoms. The average Bonchev–Trinajstić information content (AvgIpc) is 3.49. The van der Waals surface area contributed by atoms with Gasteiger partial charge < -0.3 is 14.2 Å². The fourth-order valence-corrected chi connectivity index (χ4v) is 6.32. The van der Waals surface area contributed by atoms with Gasteiger partial charge in [0.15, 0.2) is 0 Å². The van der Waals surface area contributed by atoms with Gasteiger partial charge in [-0.1, -0.05) is 41.4 Å². The zero-order valence-corrected chi connectivity index (χ0v) is 22.9. The van der Waals surface area contributed by atoms with Crippen molar-refractivity contribution in [1.29, 1.82) is 0 Å². The summed E-state index contributed by atoms with van der Waals surface area (Å²) in [6.45, 7) is 4.65. The summed E-state index contributed by atoms with van der Waals surface area (Å²) < 4.78 is 48.4. The Morgan fingerprint density at radius 1 is 1.24 bits per heavy atom. The number of imidazole rings is 1. The maximum atomic E-state index is 14.3. The second-order valence-electron chi connectivity index (χ2n) is 9.28. The van der Waals surface area contributed by atoms with Gasteiger partial charge in [0.05, 0.1) is 47.4 Å². The Bertz CT molecular complexity index is 1390. The Morgan fingerprint density at radius 3 is 2.65 bits per heavy atom. The van der Waals surface area contributed by atoms with Crippen molar-refractivity contribution >= 4 is 38.9 Å². The third-order valence-corrected chi connectivity index (χ3v) is 8.39. The van der Waals surface area contributed by atoms with Gasteiger partial charge in [-0.2, -0.15) is 0 Å². The van der Waals surface area contributed by atoms with E-state index in [2.05, 4.69) is 4.98 Å². The predicted octanol–water partition coefficient (Wildman–Crippen LogP) is 5.53. The lowest BCUT2D eigenvalue weighted by molar-refractivity contribution is 0.0678. The number of nitrogens with zero attached hydrogens (tertiary/aromatic N) is 3. The molecule has 3 aromatic rings. The highest BCUT2D eigenvalue weighted by molar-refractivity contribution is 7.90. The third-order valence-electron chi connectivity index (χ3n) is 6.27. The molecule has 0 bridgehead atoms. The topological polar surface area (TPSA) is 81.5 Å². The van der Waals surface area contributed by atoms with Gasteiger partial charge in [-0.05, 0) is 51.0 Å². The molecule has 1 aliphatic rings. The Kier molecular flexibility index (Phi) is 8.58. The number of aromatic nitrogens is 2. The number of hydrogen-bond donors (Lipinski definition) is 0. The monoisotopic (exact) mass is 567 g/mol. The fraction of sp³-hybridized carbons (Fsp3) is 0.385. The molecule has 0 aliphatic carbocycles. The molecule has 7 nitrogen and oxygen atoms in total. The molecule has 1 aliphatic heterocycles. The predicted molar refractivity (Wildman–Crippen MR) is 140 cm³/mol. The summed E-state index contributed by atoms with van der Waals surface area (Å²) in [4.78, 5) is 19.3. The third kappa shape index (κ3) is 6.34. The summed E-state index contributed by atoms with van der Waals surface area (Å²) in [5.74, 6) is -1.45. The van der Waals surface area contributed by atoms with E-state index in [0.717, 1.165) is 12.8 Å². The molecule has 37 heavy (non-hydrogen) atoms. The van der Waals surface area contributed by atoms with Crippen LogP contribution < -0.4 is 0 Å². The number of ether oxygens (including phenoxy) is 1. The lowest BCUT2D eigenvalue weighted by Gasteiger charge is -2.28. The SMILES string of the molecule is CC(C)N(Cc1cnc(S(=O)(=O)Cc2ccccc2F)n1CC1CCCO1)C(=O)c1ccc(Cl)cc1Cl. The molecule has 0 N–H and O–H groups in total. The average molecular weight is 568 g/mol. The van der Waals surface area contributed by atoms with Crippen molar-refractivity contribution in [2.75, 3.05) is 6.61 Å². The van der Waals surface area contributed by atoms with Crippen molar-refractivity contribution in [2.45, 2.75) is 62.8 Å². The van der Waals surface area contributed by atoms with Crippen molar-refractivity contribution < 1.29 is 22.3 Å². The van der Waals surface area contributed by atoms with Crippen molar-refractivity contribution in [3.8, 4) is 0 Å². The molecule has 198 valence electrons. The van der Waals surface area contributed by atoms with E-state index in [-0.39, 0.29) is 52.4 Å². The first-order valence-electron chi connectivity index (χ1n) is 11.9. The van der Waals surface area contributed by atoms with E-state index in [9.17, 15) is 17.6 Å². The quantitative estimate of drug-likeness (QED) is 0.339. The number of carbonyl (C=O) groups excluding carboxylic acids is 1. The van der Waals surface area contributed by atoms with E-state index in [4.69, 9.17) is 27.9 Å². The molecule has 11 heteroatoms. The standard InChI is InChI=1S/C26H28Cl2FN3O4S/c1-17(2)31(25(33)22-10-9-19(27)12-23(22)28)14-20-13-30-26(32(20)15-21-7-5-11-36-21)37(34,35)16-18-6-3-4-8-24(18)29/h3-4,6,8-10,12-13,17,21H,5,7,11,14-16H2,1-2H3. The van der Waals surface area contributed by atoms with Gasteiger partial charge in [-0.25, -0.2) is 17.8 Å². The van der Waals surface area contributed by atoms with Crippen LogP contribution in [0.4, 0.5) is 4.39 Å². The van der Waals surface area contributed by atoms with Gasteiger partial charge in [-0.3, -0.25) is 4.79 Å². The van der Waals surface area contributed by atoms with Gasteiger partial charge in [0.1, 0.15) is 5.82 Å². The van der Waals surface area contributed by atoms with Crippen LogP contribution >= 0.6 is 23.2 Å². The van der Waals surface area contributed by atoms with E-state index in [1.807, 2.05) is 13.8 Å². The zero-order valence-electron chi connectivity index (χ0n) is 20.5. The number of hydrogen-bond acceptors (Lipinski definition) is 5. The first-order valence-corrected chi connectivity index (χ1v) is 14.4. The highest BCUT2D eigenvalue weighted by Crippen LogP contribution is 2.26. The number of rotatable bonds is 9. The van der Waals surface area contributed by atoms with Crippen molar-refractivity contribution in [2.24, 2.45) is 0 Å². The first-order chi connectivity index (χ1) is 17.6. The van der Waals surface area contributed by atoms with Crippen molar-refractivity contribution in [1.82, 2.24) is 14.5 Å². The maximum Gasteiger partial charge on any atom is 0.255 e. The fourth-order valence-electron chi connectivity index (χ4n) is 4.32. The van der Waals surface area contributed by atoms with E-state index >= 15 is 0 Å². The smallest absolute Gasteiger partial charge is 0.255 e. The first kappa shape index (κ1) is 27.6. The molecule has 1 aromatic heterocycles. The minimum Gasteiger partial charge on any atom is -0.376 e. The van der Waals surface area contributed by atoms with Crippen LogP contribution in [0.5, 0.6) is 0 Å². The second kappa shape index (κ2) is 11.5. The largest absolute Gasteiger partial charge is 0.376 e. The van der Waals surface area contributed by atoms with Crippen LogP contribution in [0.2, 0.25) is 10.0 Å². The normalized spacial score (nSPS) is 15.9. The number of carbonyl (C=O) groups is 1. The van der Waals surface area contributed by atoms with E-state index in [0.29, 0.717) is 17.3 Å². The van der Waals surface area contributed by atoms with Crippen LogP contribution in [-0.4, -0.2) is 47.5 Å². The van der Waals surface area contributed by atoms with Crippen LogP contribution in [0, 0.1) is 5.82 Å². The Morgan fingerprint density at radius 2 is 2.00 bits per heavy atom. The number of halogens is 3. The Hall–Kier alpha value is -2.46. The van der Waals surface area contributed by atoms with Crippen LogP contribution in [0.3, 0.4) is 0 Å². The van der Waals surface area contributed by atoms with Crippen molar-refractivity contribution in [3.63, 3.8) is 0 Å². The van der Waals surface area contributed by atoms with E-state index in [1.54, 1.807) is 27.7 Å². The van der Waals surface area contributed by atoms with Gasteiger partial charge in [0, 0.05) is 23.2 Å². The Balaban J connectivity index is 1.70. The molecule has 1 fully saturated rings. The molecular formula is C26H28Cl2FN3O4S.